The third-order valence-electron chi connectivity index (χ3n) is 3.18. The zero-order chi connectivity index (χ0) is 14.0. The highest BCUT2D eigenvalue weighted by molar-refractivity contribution is 5.99. The first-order chi connectivity index (χ1) is 9.08. The number of anilines is 1. The Labute approximate surface area is 110 Å². The summed E-state index contributed by atoms with van der Waals surface area (Å²) in [4.78, 5) is 24.5. The van der Waals surface area contributed by atoms with Gasteiger partial charge in [0.25, 0.3) is 11.6 Å². The number of hydrogen-bond acceptors (Lipinski definition) is 5. The van der Waals surface area contributed by atoms with Gasteiger partial charge in [0.15, 0.2) is 0 Å². The van der Waals surface area contributed by atoms with Crippen molar-refractivity contribution in [2.75, 3.05) is 12.0 Å². The number of carbonyl (C=O) groups is 1. The number of nitrogen functional groups attached to an aromatic ring is 1. The molecule has 0 spiro atoms. The van der Waals surface area contributed by atoms with Gasteiger partial charge in [-0.2, -0.15) is 0 Å². The molecule has 7 nitrogen and oxygen atoms in total. The Morgan fingerprint density at radius 2 is 2.26 bits per heavy atom. The number of hydrazine groups is 1. The van der Waals surface area contributed by atoms with E-state index in [2.05, 4.69) is 5.43 Å². The number of nitro benzene ring substituents is 1. The SMILES string of the molecule is CCN(C(=O)c1cc(NN)ccc1[N+](=O)[O-])C1CC1. The normalized spacial score (nSPS) is 14.0. The fourth-order valence-electron chi connectivity index (χ4n) is 2.06. The molecule has 3 N–H and O–H groups in total. The molecule has 1 aromatic carbocycles. The van der Waals surface area contributed by atoms with Gasteiger partial charge in [-0.1, -0.05) is 0 Å². The van der Waals surface area contributed by atoms with Crippen LogP contribution in [0.1, 0.15) is 30.1 Å². The first-order valence-electron chi connectivity index (χ1n) is 6.14. The van der Waals surface area contributed by atoms with Gasteiger partial charge in [-0.05, 0) is 31.9 Å². The molecule has 1 aliphatic rings. The second-order valence-corrected chi connectivity index (χ2v) is 4.46. The van der Waals surface area contributed by atoms with Gasteiger partial charge >= 0.3 is 0 Å². The number of nitrogens with zero attached hydrogens (tertiary/aromatic N) is 2. The van der Waals surface area contributed by atoms with Crippen LogP contribution < -0.4 is 11.3 Å². The van der Waals surface area contributed by atoms with Crippen LogP contribution in [-0.2, 0) is 0 Å². The number of nitro groups is 1. The summed E-state index contributed by atoms with van der Waals surface area (Å²) in [5, 5.41) is 11.0. The molecule has 0 saturated heterocycles. The highest BCUT2D eigenvalue weighted by atomic mass is 16.6. The number of carbonyl (C=O) groups excluding carboxylic acids is 1. The molecular weight excluding hydrogens is 248 g/mol. The van der Waals surface area contributed by atoms with Crippen LogP contribution >= 0.6 is 0 Å². The molecule has 0 atom stereocenters. The van der Waals surface area contributed by atoms with E-state index in [9.17, 15) is 14.9 Å². The predicted octanol–water partition coefficient (Wildman–Crippen LogP) is 1.50. The van der Waals surface area contributed by atoms with Gasteiger partial charge < -0.3 is 10.3 Å². The number of rotatable bonds is 5. The predicted molar refractivity (Wildman–Crippen MR) is 70.6 cm³/mol. The number of benzene rings is 1. The van der Waals surface area contributed by atoms with Crippen LogP contribution in [0.5, 0.6) is 0 Å². The third kappa shape index (κ3) is 2.65. The topological polar surface area (TPSA) is 102 Å². The van der Waals surface area contributed by atoms with Crippen molar-refractivity contribution >= 4 is 17.3 Å². The second kappa shape index (κ2) is 5.23. The maximum Gasteiger partial charge on any atom is 0.282 e. The lowest BCUT2D eigenvalue weighted by atomic mass is 10.1. The molecule has 2 rings (SSSR count). The minimum Gasteiger partial charge on any atom is -0.336 e. The summed E-state index contributed by atoms with van der Waals surface area (Å²) in [6, 6.07) is 4.41. The lowest BCUT2D eigenvalue weighted by Crippen LogP contribution is -2.33. The molecule has 0 radical (unpaired) electrons. The van der Waals surface area contributed by atoms with Crippen molar-refractivity contribution in [3.63, 3.8) is 0 Å². The molecule has 1 amide bonds. The quantitative estimate of drug-likeness (QED) is 0.476. The van der Waals surface area contributed by atoms with Gasteiger partial charge in [0.1, 0.15) is 5.56 Å². The summed E-state index contributed by atoms with van der Waals surface area (Å²) in [5.74, 6) is 4.97. The van der Waals surface area contributed by atoms with Crippen LogP contribution in [0.25, 0.3) is 0 Å². The average molecular weight is 264 g/mol. The molecule has 1 aliphatic carbocycles. The minimum absolute atomic E-state index is 0.0780. The van der Waals surface area contributed by atoms with Gasteiger partial charge in [-0.15, -0.1) is 0 Å². The number of nitrogens with two attached hydrogens (primary N) is 1. The highest BCUT2D eigenvalue weighted by Gasteiger charge is 2.34. The summed E-state index contributed by atoms with van der Waals surface area (Å²) in [6.07, 6.45) is 1.92. The van der Waals surface area contributed by atoms with E-state index in [1.807, 2.05) is 6.92 Å². The maximum atomic E-state index is 12.4. The van der Waals surface area contributed by atoms with Crippen molar-refractivity contribution < 1.29 is 9.72 Å². The van der Waals surface area contributed by atoms with E-state index in [1.165, 1.54) is 18.2 Å². The molecule has 0 aromatic heterocycles. The lowest BCUT2D eigenvalue weighted by molar-refractivity contribution is -0.385. The Morgan fingerprint density at radius 3 is 2.74 bits per heavy atom. The summed E-state index contributed by atoms with van der Waals surface area (Å²) >= 11 is 0. The van der Waals surface area contributed by atoms with E-state index in [1.54, 1.807) is 4.90 Å². The van der Waals surface area contributed by atoms with Crippen LogP contribution in [0, 0.1) is 10.1 Å². The molecular formula is C12H16N4O3. The molecule has 19 heavy (non-hydrogen) atoms. The summed E-state index contributed by atoms with van der Waals surface area (Å²) < 4.78 is 0. The smallest absolute Gasteiger partial charge is 0.282 e. The van der Waals surface area contributed by atoms with Gasteiger partial charge in [-0.25, -0.2) is 0 Å². The van der Waals surface area contributed by atoms with Crippen LogP contribution in [0.3, 0.4) is 0 Å². The summed E-state index contributed by atoms with van der Waals surface area (Å²) in [5.41, 5.74) is 2.76. The van der Waals surface area contributed by atoms with E-state index in [-0.39, 0.29) is 23.2 Å². The van der Waals surface area contributed by atoms with E-state index < -0.39 is 4.92 Å². The van der Waals surface area contributed by atoms with E-state index in [0.717, 1.165) is 12.8 Å². The van der Waals surface area contributed by atoms with Crippen LogP contribution in [-0.4, -0.2) is 28.3 Å². The zero-order valence-corrected chi connectivity index (χ0v) is 10.6. The van der Waals surface area contributed by atoms with Crippen LogP contribution in [0.4, 0.5) is 11.4 Å². The van der Waals surface area contributed by atoms with Gasteiger partial charge in [0.2, 0.25) is 0 Å². The van der Waals surface area contributed by atoms with Crippen molar-refractivity contribution in [1.82, 2.24) is 4.90 Å². The van der Waals surface area contributed by atoms with Crippen LogP contribution in [0.15, 0.2) is 18.2 Å². The van der Waals surface area contributed by atoms with Crippen LogP contribution in [0.2, 0.25) is 0 Å². The first-order valence-corrected chi connectivity index (χ1v) is 6.14. The summed E-state index contributed by atoms with van der Waals surface area (Å²) in [6.45, 7) is 2.41. The van der Waals surface area contributed by atoms with E-state index in [0.29, 0.717) is 12.2 Å². The van der Waals surface area contributed by atoms with Crippen molar-refractivity contribution in [1.29, 1.82) is 0 Å². The Bertz CT molecular complexity index is 514. The number of amides is 1. The second-order valence-electron chi connectivity index (χ2n) is 4.46. The molecule has 0 bridgehead atoms. The molecule has 7 heteroatoms. The summed E-state index contributed by atoms with van der Waals surface area (Å²) in [7, 11) is 0. The molecule has 0 heterocycles. The van der Waals surface area contributed by atoms with Crippen molar-refractivity contribution in [3.05, 3.63) is 33.9 Å². The van der Waals surface area contributed by atoms with Crippen molar-refractivity contribution in [2.45, 2.75) is 25.8 Å². The lowest BCUT2D eigenvalue weighted by Gasteiger charge is -2.20. The number of hydrogen-bond donors (Lipinski definition) is 2. The monoisotopic (exact) mass is 264 g/mol. The molecule has 102 valence electrons. The van der Waals surface area contributed by atoms with E-state index in [4.69, 9.17) is 5.84 Å². The maximum absolute atomic E-state index is 12.4. The molecule has 1 aromatic rings. The largest absolute Gasteiger partial charge is 0.336 e. The molecule has 1 saturated carbocycles. The molecule has 0 aliphatic heterocycles. The third-order valence-corrected chi connectivity index (χ3v) is 3.18. The minimum atomic E-state index is -0.547. The van der Waals surface area contributed by atoms with Gasteiger partial charge in [-0.3, -0.25) is 20.8 Å². The van der Waals surface area contributed by atoms with Gasteiger partial charge in [0.05, 0.1) is 4.92 Å². The van der Waals surface area contributed by atoms with E-state index >= 15 is 0 Å². The first kappa shape index (κ1) is 13.3. The van der Waals surface area contributed by atoms with Gasteiger partial charge in [0, 0.05) is 24.3 Å². The average Bonchev–Trinajstić information content (AvgIpc) is 3.23. The fraction of sp³-hybridized carbons (Fsp3) is 0.417. The Kier molecular flexibility index (Phi) is 3.66. The Hall–Kier alpha value is -2.15. The van der Waals surface area contributed by atoms with Crippen molar-refractivity contribution in [2.24, 2.45) is 5.84 Å². The zero-order valence-electron chi connectivity index (χ0n) is 10.6. The Morgan fingerprint density at radius 1 is 1.58 bits per heavy atom. The molecule has 1 fully saturated rings. The number of nitrogens with one attached hydrogen (secondary N) is 1. The fourth-order valence-corrected chi connectivity index (χ4v) is 2.06. The standard InChI is InChI=1S/C12H16N4O3/c1-2-15(9-4-5-9)12(17)10-7-8(14-13)3-6-11(10)16(18)19/h3,6-7,9,14H,2,4-5,13H2,1H3. The highest BCUT2D eigenvalue weighted by Crippen LogP contribution is 2.31. The molecule has 0 unspecified atom stereocenters. The van der Waals surface area contributed by atoms with Crippen molar-refractivity contribution in [3.8, 4) is 0 Å². The Balaban J connectivity index is 2.40.